The SMILES string of the molecule is CCOC[C@H](CC)N=C=O. The van der Waals surface area contributed by atoms with Crippen molar-refractivity contribution in [1.29, 1.82) is 0 Å². The third-order valence-corrected chi connectivity index (χ3v) is 1.22. The molecule has 1 atom stereocenters. The number of ether oxygens (including phenoxy) is 1. The minimum absolute atomic E-state index is 0.00236. The summed E-state index contributed by atoms with van der Waals surface area (Å²) in [5.74, 6) is 0. The van der Waals surface area contributed by atoms with Gasteiger partial charge in [0, 0.05) is 6.61 Å². The predicted octanol–water partition coefficient (Wildman–Crippen LogP) is 1.14. The number of hydrogen-bond donors (Lipinski definition) is 0. The predicted molar refractivity (Wildman–Crippen MR) is 38.7 cm³/mol. The molecule has 0 spiro atoms. The van der Waals surface area contributed by atoms with Crippen LogP contribution in [0.25, 0.3) is 0 Å². The molecule has 0 aromatic carbocycles. The largest absolute Gasteiger partial charge is 0.379 e. The summed E-state index contributed by atoms with van der Waals surface area (Å²) >= 11 is 0. The van der Waals surface area contributed by atoms with Gasteiger partial charge in [0.25, 0.3) is 0 Å². The van der Waals surface area contributed by atoms with Crippen molar-refractivity contribution in [3.8, 4) is 0 Å². The summed E-state index contributed by atoms with van der Waals surface area (Å²) in [6.07, 6.45) is 2.35. The van der Waals surface area contributed by atoms with Gasteiger partial charge in [-0.2, -0.15) is 0 Å². The van der Waals surface area contributed by atoms with Crippen LogP contribution in [0.3, 0.4) is 0 Å². The average molecular weight is 143 g/mol. The van der Waals surface area contributed by atoms with E-state index in [1.807, 2.05) is 13.8 Å². The summed E-state index contributed by atoms with van der Waals surface area (Å²) < 4.78 is 5.07. The molecule has 0 unspecified atom stereocenters. The molecule has 0 aliphatic carbocycles. The lowest BCUT2D eigenvalue weighted by Gasteiger charge is -2.05. The molecule has 0 aliphatic heterocycles. The van der Waals surface area contributed by atoms with Crippen LogP contribution >= 0.6 is 0 Å². The van der Waals surface area contributed by atoms with E-state index >= 15 is 0 Å². The summed E-state index contributed by atoms with van der Waals surface area (Å²) in [5.41, 5.74) is 0. The third-order valence-electron chi connectivity index (χ3n) is 1.22. The second-order valence-corrected chi connectivity index (χ2v) is 1.94. The Balaban J connectivity index is 3.49. The zero-order valence-corrected chi connectivity index (χ0v) is 6.46. The van der Waals surface area contributed by atoms with E-state index in [9.17, 15) is 4.79 Å². The molecular formula is C7H13NO2. The fourth-order valence-electron chi connectivity index (χ4n) is 0.575. The molecule has 0 bridgehead atoms. The van der Waals surface area contributed by atoms with E-state index in [-0.39, 0.29) is 6.04 Å². The van der Waals surface area contributed by atoms with Crippen LogP contribution < -0.4 is 0 Å². The Morgan fingerprint density at radius 3 is 2.70 bits per heavy atom. The quantitative estimate of drug-likeness (QED) is 0.427. The second kappa shape index (κ2) is 6.46. The van der Waals surface area contributed by atoms with Gasteiger partial charge in [0.15, 0.2) is 0 Å². The highest BCUT2D eigenvalue weighted by molar-refractivity contribution is 5.33. The topological polar surface area (TPSA) is 38.7 Å². The van der Waals surface area contributed by atoms with Crippen molar-refractivity contribution in [1.82, 2.24) is 0 Å². The first-order chi connectivity index (χ1) is 4.85. The Kier molecular flexibility index (Phi) is 6.03. The lowest BCUT2D eigenvalue weighted by Crippen LogP contribution is -2.11. The zero-order valence-electron chi connectivity index (χ0n) is 6.46. The van der Waals surface area contributed by atoms with Crippen LogP contribution in [0, 0.1) is 0 Å². The molecule has 0 saturated carbocycles. The highest BCUT2D eigenvalue weighted by atomic mass is 16.5. The molecule has 0 fully saturated rings. The first-order valence-electron chi connectivity index (χ1n) is 3.49. The Bertz CT molecular complexity index is 119. The van der Waals surface area contributed by atoms with Gasteiger partial charge in [-0.1, -0.05) is 6.92 Å². The molecule has 0 amide bonds. The molecule has 3 nitrogen and oxygen atoms in total. The Hall–Kier alpha value is -0.660. The minimum Gasteiger partial charge on any atom is -0.379 e. The summed E-state index contributed by atoms with van der Waals surface area (Å²) in [7, 11) is 0. The minimum atomic E-state index is -0.00236. The van der Waals surface area contributed by atoms with Crippen molar-refractivity contribution in [3.63, 3.8) is 0 Å². The maximum atomic E-state index is 9.79. The van der Waals surface area contributed by atoms with Gasteiger partial charge in [-0.3, -0.25) is 0 Å². The highest BCUT2D eigenvalue weighted by Crippen LogP contribution is 1.95. The normalized spacial score (nSPS) is 12.2. The van der Waals surface area contributed by atoms with Crippen molar-refractivity contribution in [2.45, 2.75) is 26.3 Å². The van der Waals surface area contributed by atoms with Gasteiger partial charge < -0.3 is 4.74 Å². The van der Waals surface area contributed by atoms with Crippen LogP contribution in [0.1, 0.15) is 20.3 Å². The van der Waals surface area contributed by atoms with Crippen molar-refractivity contribution in [2.75, 3.05) is 13.2 Å². The van der Waals surface area contributed by atoms with E-state index in [4.69, 9.17) is 4.74 Å². The Morgan fingerprint density at radius 2 is 2.30 bits per heavy atom. The van der Waals surface area contributed by atoms with Gasteiger partial charge in [0.05, 0.1) is 12.6 Å². The first kappa shape index (κ1) is 9.34. The molecule has 0 aromatic rings. The summed E-state index contributed by atoms with van der Waals surface area (Å²) in [4.78, 5) is 13.3. The van der Waals surface area contributed by atoms with E-state index < -0.39 is 0 Å². The molecule has 0 aromatic heterocycles. The number of isocyanates is 1. The van der Waals surface area contributed by atoms with Crippen LogP contribution in [0.15, 0.2) is 4.99 Å². The molecular weight excluding hydrogens is 130 g/mol. The third kappa shape index (κ3) is 4.24. The summed E-state index contributed by atoms with van der Waals surface area (Å²) in [6.45, 7) is 5.08. The van der Waals surface area contributed by atoms with Crippen LogP contribution in [-0.4, -0.2) is 25.3 Å². The molecule has 10 heavy (non-hydrogen) atoms. The van der Waals surface area contributed by atoms with Crippen molar-refractivity contribution in [2.24, 2.45) is 4.99 Å². The van der Waals surface area contributed by atoms with E-state index in [1.165, 1.54) is 6.08 Å². The standard InChI is InChI=1S/C7H13NO2/c1-3-7(8-6-9)5-10-4-2/h7H,3-5H2,1-2H3/t7-/m0/s1. The molecule has 0 rings (SSSR count). The number of hydrogen-bond acceptors (Lipinski definition) is 3. The Labute approximate surface area is 61.1 Å². The first-order valence-corrected chi connectivity index (χ1v) is 3.49. The lowest BCUT2D eigenvalue weighted by molar-refractivity contribution is 0.132. The fourth-order valence-corrected chi connectivity index (χ4v) is 0.575. The lowest BCUT2D eigenvalue weighted by atomic mass is 10.2. The van der Waals surface area contributed by atoms with E-state index in [0.29, 0.717) is 13.2 Å². The van der Waals surface area contributed by atoms with Gasteiger partial charge in [0.2, 0.25) is 6.08 Å². The number of rotatable bonds is 5. The number of carbonyl (C=O) groups excluding carboxylic acids is 1. The van der Waals surface area contributed by atoms with E-state index in [2.05, 4.69) is 4.99 Å². The molecule has 0 heterocycles. The van der Waals surface area contributed by atoms with Gasteiger partial charge >= 0.3 is 0 Å². The van der Waals surface area contributed by atoms with Crippen molar-refractivity contribution in [3.05, 3.63) is 0 Å². The van der Waals surface area contributed by atoms with Crippen LogP contribution in [0.2, 0.25) is 0 Å². The summed E-state index contributed by atoms with van der Waals surface area (Å²) in [5, 5.41) is 0. The molecule has 0 N–H and O–H groups in total. The van der Waals surface area contributed by atoms with Gasteiger partial charge in [-0.25, -0.2) is 9.79 Å². The van der Waals surface area contributed by atoms with E-state index in [0.717, 1.165) is 6.42 Å². The van der Waals surface area contributed by atoms with Crippen LogP contribution in [0.4, 0.5) is 0 Å². The van der Waals surface area contributed by atoms with Crippen molar-refractivity contribution < 1.29 is 9.53 Å². The van der Waals surface area contributed by atoms with Gasteiger partial charge in [-0.15, -0.1) is 0 Å². The van der Waals surface area contributed by atoms with Gasteiger partial charge in [-0.05, 0) is 13.3 Å². The zero-order chi connectivity index (χ0) is 7.82. The highest BCUT2D eigenvalue weighted by Gasteiger charge is 2.01. The Morgan fingerprint density at radius 1 is 1.60 bits per heavy atom. The molecule has 0 radical (unpaired) electrons. The van der Waals surface area contributed by atoms with E-state index in [1.54, 1.807) is 0 Å². The monoisotopic (exact) mass is 143 g/mol. The average Bonchev–Trinajstić information content (AvgIpc) is 1.98. The van der Waals surface area contributed by atoms with Crippen molar-refractivity contribution >= 4 is 6.08 Å². The number of aliphatic imine (C=N–C) groups is 1. The molecule has 3 heteroatoms. The van der Waals surface area contributed by atoms with Crippen LogP contribution in [0.5, 0.6) is 0 Å². The molecule has 0 saturated heterocycles. The van der Waals surface area contributed by atoms with Gasteiger partial charge in [0.1, 0.15) is 0 Å². The maximum absolute atomic E-state index is 9.79. The number of nitrogens with zero attached hydrogens (tertiary/aromatic N) is 1. The second-order valence-electron chi connectivity index (χ2n) is 1.94. The smallest absolute Gasteiger partial charge is 0.235 e. The summed E-state index contributed by atoms with van der Waals surface area (Å²) in [6, 6.07) is -0.00236. The fraction of sp³-hybridized carbons (Fsp3) is 0.857. The molecule has 58 valence electrons. The maximum Gasteiger partial charge on any atom is 0.235 e. The molecule has 0 aliphatic rings. The van der Waals surface area contributed by atoms with Crippen LogP contribution in [-0.2, 0) is 9.53 Å².